The quantitative estimate of drug-likeness (QED) is 0.116. The largest absolute Gasteiger partial charge is 0.573 e. The summed E-state index contributed by atoms with van der Waals surface area (Å²) in [7, 11) is 0. The van der Waals surface area contributed by atoms with Crippen molar-refractivity contribution in [3.05, 3.63) is 94.5 Å². The van der Waals surface area contributed by atoms with Gasteiger partial charge in [0.2, 0.25) is 23.7 Å². The number of benzene rings is 2. The van der Waals surface area contributed by atoms with E-state index in [1.165, 1.54) is 74.7 Å². The first kappa shape index (κ1) is 46.9. The van der Waals surface area contributed by atoms with Crippen molar-refractivity contribution in [2.75, 3.05) is 72.8 Å². The Kier molecular flexibility index (Phi) is 14.9. The van der Waals surface area contributed by atoms with Gasteiger partial charge < -0.3 is 35.4 Å². The first-order chi connectivity index (χ1) is 32.3. The van der Waals surface area contributed by atoms with E-state index < -0.39 is 12.3 Å². The van der Waals surface area contributed by atoms with Crippen molar-refractivity contribution in [3.63, 3.8) is 0 Å². The Balaban J connectivity index is 0.000000188. The molecule has 0 atom stereocenters. The van der Waals surface area contributed by atoms with Crippen LogP contribution in [0.4, 0.5) is 36.7 Å². The molecule has 6 aromatic rings. The molecule has 3 saturated heterocycles. The van der Waals surface area contributed by atoms with Crippen LogP contribution in [-0.4, -0.2) is 121 Å². The maximum absolute atomic E-state index is 12.4. The number of ether oxygens (including phenoxy) is 1. The molecule has 3 fully saturated rings. The monoisotopic (exact) mass is 938 g/mol. The number of alkyl halides is 3. The fourth-order valence-electron chi connectivity index (χ4n) is 8.10. The van der Waals surface area contributed by atoms with Crippen molar-refractivity contribution in [3.8, 4) is 5.75 Å². The van der Waals surface area contributed by atoms with Crippen LogP contribution in [0.1, 0.15) is 54.6 Å². The molecule has 3 aliphatic rings. The van der Waals surface area contributed by atoms with E-state index in [9.17, 15) is 22.8 Å². The lowest BCUT2D eigenvalue weighted by Gasteiger charge is -2.36. The van der Waals surface area contributed by atoms with Gasteiger partial charge in [0.05, 0.1) is 23.8 Å². The minimum atomic E-state index is -4.76. The molecule has 350 valence electrons. The Morgan fingerprint density at radius 1 is 0.761 bits per heavy atom. The summed E-state index contributed by atoms with van der Waals surface area (Å²) >= 11 is 5.89. The van der Waals surface area contributed by atoms with Crippen LogP contribution >= 0.6 is 11.6 Å². The molecule has 9 rings (SSSR count). The van der Waals surface area contributed by atoms with Gasteiger partial charge in [0, 0.05) is 62.8 Å². The number of likely N-dealkylation sites (tertiary alicyclic amines) is 1. The molecule has 3 aliphatic heterocycles. The number of anilines is 4. The average Bonchev–Trinajstić information content (AvgIpc) is 3.87. The summed E-state index contributed by atoms with van der Waals surface area (Å²) in [4.78, 5) is 67.8. The van der Waals surface area contributed by atoms with Crippen molar-refractivity contribution in [1.29, 1.82) is 0 Å². The van der Waals surface area contributed by atoms with Gasteiger partial charge in [0.1, 0.15) is 16.8 Å². The maximum atomic E-state index is 12.4. The number of nitrogens with one attached hydrogen (secondary N) is 3. The Hall–Kier alpha value is -6.64. The number of aryl methyl sites for hydroxylation is 3. The number of carbonyl (C=O) groups is 2. The molecule has 0 saturated carbocycles. The molecular weight excluding hydrogens is 889 g/mol. The lowest BCUT2D eigenvalue weighted by Crippen LogP contribution is -2.44. The van der Waals surface area contributed by atoms with Crippen LogP contribution in [0.15, 0.2) is 67.0 Å². The zero-order valence-corrected chi connectivity index (χ0v) is 37.8. The van der Waals surface area contributed by atoms with Gasteiger partial charge in [-0.1, -0.05) is 35.9 Å². The zero-order chi connectivity index (χ0) is 46.9. The van der Waals surface area contributed by atoms with Crippen molar-refractivity contribution >= 4 is 75.4 Å². The van der Waals surface area contributed by atoms with E-state index in [-0.39, 0.29) is 17.5 Å². The number of nitrogens with zero attached hydrogens (tertiary/aromatic N) is 11. The van der Waals surface area contributed by atoms with Crippen LogP contribution in [-0.2, 0) is 16.0 Å². The summed E-state index contributed by atoms with van der Waals surface area (Å²) < 4.78 is 40.7. The third-order valence-corrected chi connectivity index (χ3v) is 11.8. The number of aromatic nitrogens is 8. The van der Waals surface area contributed by atoms with Gasteiger partial charge in [-0.25, -0.2) is 29.9 Å². The Bertz CT molecular complexity index is 2710. The van der Waals surface area contributed by atoms with E-state index in [4.69, 9.17) is 11.6 Å². The highest BCUT2D eigenvalue weighted by Crippen LogP contribution is 2.26. The third kappa shape index (κ3) is 12.8. The summed E-state index contributed by atoms with van der Waals surface area (Å²) in [6.45, 7) is 11.5. The number of fused-ring (bicyclic) bond motifs is 2. The SMILES string of the molecule is Cc1nc(N2CCC(N3CCCC3)CC2)nc2ncc(NC(=O)C=Cc3ccc(OC(F)(F)F)cc3)nc12.Cc1nc(N2CCNCC2)nc2ncc(NC(=O)CCc3ccc(Cl)cc3)nc12. The first-order valence-corrected chi connectivity index (χ1v) is 22.6. The predicted octanol–water partition coefficient (Wildman–Crippen LogP) is 6.71. The highest BCUT2D eigenvalue weighted by atomic mass is 35.5. The second-order valence-corrected chi connectivity index (χ2v) is 16.8. The van der Waals surface area contributed by atoms with Gasteiger partial charge in [0.15, 0.2) is 22.9 Å². The van der Waals surface area contributed by atoms with Crippen LogP contribution in [0.25, 0.3) is 28.4 Å². The van der Waals surface area contributed by atoms with Crippen molar-refractivity contribution in [2.45, 2.75) is 64.8 Å². The molecule has 2 amide bonds. The van der Waals surface area contributed by atoms with E-state index in [0.717, 1.165) is 63.4 Å². The van der Waals surface area contributed by atoms with Crippen LogP contribution in [0.3, 0.4) is 0 Å². The molecule has 0 spiro atoms. The predicted molar refractivity (Wildman–Crippen MR) is 250 cm³/mol. The van der Waals surface area contributed by atoms with Crippen LogP contribution in [0.5, 0.6) is 5.75 Å². The van der Waals surface area contributed by atoms with Gasteiger partial charge in [-0.3, -0.25) is 9.59 Å². The number of halogens is 4. The summed E-state index contributed by atoms with van der Waals surface area (Å²) in [6.07, 6.45) is 6.69. The number of carbonyl (C=O) groups excluding carboxylic acids is 2. The first-order valence-electron chi connectivity index (χ1n) is 22.2. The number of piperazine rings is 1. The van der Waals surface area contributed by atoms with Gasteiger partial charge in [-0.2, -0.15) is 9.97 Å². The lowest BCUT2D eigenvalue weighted by molar-refractivity contribution is -0.274. The highest BCUT2D eigenvalue weighted by molar-refractivity contribution is 6.30. The van der Waals surface area contributed by atoms with E-state index in [1.54, 1.807) is 0 Å². The molecule has 2 aromatic carbocycles. The molecule has 7 heterocycles. The molecule has 0 bridgehead atoms. The molecule has 3 N–H and O–H groups in total. The average molecular weight is 939 g/mol. The lowest BCUT2D eigenvalue weighted by atomic mass is 10.0. The van der Waals surface area contributed by atoms with Crippen LogP contribution in [0.2, 0.25) is 5.02 Å². The number of amides is 2. The number of hydrogen-bond acceptors (Lipinski definition) is 15. The maximum Gasteiger partial charge on any atom is 0.573 e. The Labute approximate surface area is 389 Å². The van der Waals surface area contributed by atoms with Crippen molar-refractivity contribution in [1.82, 2.24) is 50.1 Å². The van der Waals surface area contributed by atoms with Gasteiger partial charge in [-0.05, 0) is 101 Å². The van der Waals surface area contributed by atoms with Crippen LogP contribution in [0, 0.1) is 13.8 Å². The fourth-order valence-corrected chi connectivity index (χ4v) is 8.23. The molecular formula is C46H50ClF3N14O3. The van der Waals surface area contributed by atoms with Gasteiger partial charge in [0.25, 0.3) is 0 Å². The van der Waals surface area contributed by atoms with Gasteiger partial charge in [-0.15, -0.1) is 13.2 Å². The Morgan fingerprint density at radius 2 is 1.33 bits per heavy atom. The third-order valence-electron chi connectivity index (χ3n) is 11.6. The minimum Gasteiger partial charge on any atom is -0.406 e. The molecule has 4 aromatic heterocycles. The molecule has 21 heteroatoms. The summed E-state index contributed by atoms with van der Waals surface area (Å²) in [5.74, 6) is 1.04. The highest BCUT2D eigenvalue weighted by Gasteiger charge is 2.31. The Morgan fingerprint density at radius 3 is 1.91 bits per heavy atom. The second-order valence-electron chi connectivity index (χ2n) is 16.4. The standard InChI is InChI=1S/C26H28F3N7O2.C20H22ClN7O/c1-17-23-24(34-25(31-17)36-14-10-19(11-15-36)35-12-2-3-13-35)30-16-21(33-23)32-22(37)9-6-18-4-7-20(8-5-18)38-26(27,28)29;1-13-18-19(27-20(24-13)28-10-8-22-9-11-28)23-12-16(26-18)25-17(29)7-4-14-2-5-15(21)6-3-14/h4-9,16,19H,2-3,10-15H2,1H3,(H,32,33,37);2-3,5-6,12,22H,4,7-11H2,1H3,(H,25,26,29). The fraction of sp³-hybridized carbons (Fsp3) is 0.391. The molecule has 67 heavy (non-hydrogen) atoms. The van der Waals surface area contributed by atoms with Crippen LogP contribution < -0.4 is 30.5 Å². The zero-order valence-electron chi connectivity index (χ0n) is 37.1. The molecule has 17 nitrogen and oxygen atoms in total. The molecule has 0 aliphatic carbocycles. The second kappa shape index (κ2) is 21.3. The summed E-state index contributed by atoms with van der Waals surface area (Å²) in [6, 6.07) is 13.3. The smallest absolute Gasteiger partial charge is 0.406 e. The van der Waals surface area contributed by atoms with E-state index in [0.29, 0.717) is 75.2 Å². The molecule has 0 radical (unpaired) electrons. The number of hydrogen-bond donors (Lipinski definition) is 3. The number of rotatable bonds is 11. The van der Waals surface area contributed by atoms with E-state index in [1.807, 2.05) is 38.1 Å². The van der Waals surface area contributed by atoms with Gasteiger partial charge >= 0.3 is 6.36 Å². The molecule has 0 unspecified atom stereocenters. The van der Waals surface area contributed by atoms with Crippen molar-refractivity contribution < 1.29 is 27.5 Å². The number of piperidine rings is 1. The minimum absolute atomic E-state index is 0.121. The summed E-state index contributed by atoms with van der Waals surface area (Å²) in [5.41, 5.74) is 5.09. The van der Waals surface area contributed by atoms with Crippen molar-refractivity contribution in [2.24, 2.45) is 0 Å². The summed E-state index contributed by atoms with van der Waals surface area (Å²) in [5, 5.41) is 9.44. The normalized spacial score (nSPS) is 16.0. The topological polar surface area (TPSA) is 192 Å². The van der Waals surface area contributed by atoms with E-state index >= 15 is 0 Å². The van der Waals surface area contributed by atoms with E-state index in [2.05, 4.69) is 75.3 Å².